The van der Waals surface area contributed by atoms with E-state index in [2.05, 4.69) is 17.0 Å². The summed E-state index contributed by atoms with van der Waals surface area (Å²) in [6.45, 7) is 5.16. The highest BCUT2D eigenvalue weighted by atomic mass is 19.1. The zero-order valence-electron chi connectivity index (χ0n) is 17.9. The van der Waals surface area contributed by atoms with Gasteiger partial charge in [-0.3, -0.25) is 4.79 Å². The molecule has 6 nitrogen and oxygen atoms in total. The van der Waals surface area contributed by atoms with Crippen molar-refractivity contribution in [3.05, 3.63) is 71.7 Å². The minimum Gasteiger partial charge on any atom is -0.436 e. The summed E-state index contributed by atoms with van der Waals surface area (Å²) in [4.78, 5) is 16.9. The second-order valence-corrected chi connectivity index (χ2v) is 7.83. The van der Waals surface area contributed by atoms with Crippen LogP contribution in [0.1, 0.15) is 17.7 Å². The number of likely N-dealkylation sites (N-methyl/N-ethyl adjacent to an activating group) is 1. The highest BCUT2D eigenvalue weighted by Crippen LogP contribution is 2.32. The molecule has 0 unspecified atom stereocenters. The second-order valence-electron chi connectivity index (χ2n) is 7.83. The Kier molecular flexibility index (Phi) is 6.32. The normalized spacial score (nSPS) is 14.6. The Hall–Kier alpha value is -3.19. The standard InChI is InChI=1S/C24H27FN4O2/c1-18-20(12-13-23(30)28-16-14-27(2)15-17-28)24(31-22-11-7-6-10-21(22)25)29(26-18)19-8-4-3-5-9-19/h3-11H,12-17H2,1-2H3. The van der Waals surface area contributed by atoms with E-state index in [1.165, 1.54) is 6.07 Å². The van der Waals surface area contributed by atoms with Crippen LogP contribution in [0.25, 0.3) is 5.69 Å². The van der Waals surface area contributed by atoms with E-state index in [1.54, 1.807) is 22.9 Å². The lowest BCUT2D eigenvalue weighted by molar-refractivity contribution is -0.132. The van der Waals surface area contributed by atoms with Crippen LogP contribution in [0.5, 0.6) is 11.6 Å². The Morgan fingerprint density at radius 2 is 1.71 bits per heavy atom. The van der Waals surface area contributed by atoms with Gasteiger partial charge in [-0.15, -0.1) is 0 Å². The molecule has 0 N–H and O–H groups in total. The number of aryl methyl sites for hydroxylation is 1. The monoisotopic (exact) mass is 422 g/mol. The summed E-state index contributed by atoms with van der Waals surface area (Å²) in [7, 11) is 2.06. The van der Waals surface area contributed by atoms with Crippen LogP contribution in [0, 0.1) is 12.7 Å². The van der Waals surface area contributed by atoms with Gasteiger partial charge >= 0.3 is 0 Å². The number of aromatic nitrogens is 2. The average molecular weight is 423 g/mol. The van der Waals surface area contributed by atoms with Crippen LogP contribution in [0.15, 0.2) is 54.6 Å². The lowest BCUT2D eigenvalue weighted by atomic mass is 10.1. The van der Waals surface area contributed by atoms with Gasteiger partial charge in [0.05, 0.1) is 11.4 Å². The number of hydrogen-bond donors (Lipinski definition) is 0. The van der Waals surface area contributed by atoms with Crippen molar-refractivity contribution in [2.75, 3.05) is 33.2 Å². The lowest BCUT2D eigenvalue weighted by Crippen LogP contribution is -2.47. The molecule has 0 radical (unpaired) electrons. The van der Waals surface area contributed by atoms with Crippen molar-refractivity contribution in [1.82, 2.24) is 19.6 Å². The molecule has 2 heterocycles. The van der Waals surface area contributed by atoms with E-state index in [4.69, 9.17) is 4.74 Å². The van der Waals surface area contributed by atoms with E-state index in [-0.39, 0.29) is 11.7 Å². The summed E-state index contributed by atoms with van der Waals surface area (Å²) >= 11 is 0. The first kappa shape index (κ1) is 21.1. The van der Waals surface area contributed by atoms with Crippen LogP contribution in [0.2, 0.25) is 0 Å². The first-order valence-corrected chi connectivity index (χ1v) is 10.6. The van der Waals surface area contributed by atoms with E-state index >= 15 is 0 Å². The van der Waals surface area contributed by atoms with Crippen LogP contribution >= 0.6 is 0 Å². The SMILES string of the molecule is Cc1nn(-c2ccccc2)c(Oc2ccccc2F)c1CCC(=O)N1CCN(C)CC1. The number of amides is 1. The van der Waals surface area contributed by atoms with Crippen molar-refractivity contribution < 1.29 is 13.9 Å². The maximum Gasteiger partial charge on any atom is 0.226 e. The predicted molar refractivity (Wildman–Crippen MR) is 117 cm³/mol. The third-order valence-electron chi connectivity index (χ3n) is 5.63. The van der Waals surface area contributed by atoms with Crippen LogP contribution in [-0.2, 0) is 11.2 Å². The minimum atomic E-state index is -0.444. The summed E-state index contributed by atoms with van der Waals surface area (Å²) in [6, 6.07) is 15.9. The van der Waals surface area contributed by atoms with Crippen molar-refractivity contribution in [2.24, 2.45) is 0 Å². The molecule has 7 heteroatoms. The number of benzene rings is 2. The predicted octanol–water partition coefficient (Wildman–Crippen LogP) is 3.82. The molecular weight excluding hydrogens is 395 g/mol. The van der Waals surface area contributed by atoms with Crippen molar-refractivity contribution in [1.29, 1.82) is 0 Å². The van der Waals surface area contributed by atoms with Crippen molar-refractivity contribution in [3.63, 3.8) is 0 Å². The number of para-hydroxylation sites is 2. The average Bonchev–Trinajstić information content (AvgIpc) is 3.09. The smallest absolute Gasteiger partial charge is 0.226 e. The second kappa shape index (κ2) is 9.31. The molecule has 1 amide bonds. The number of halogens is 1. The molecule has 2 aromatic carbocycles. The summed E-state index contributed by atoms with van der Waals surface area (Å²) in [5.41, 5.74) is 2.39. The zero-order chi connectivity index (χ0) is 21.8. The number of rotatable bonds is 6. The molecule has 1 aliphatic heterocycles. The van der Waals surface area contributed by atoms with E-state index in [9.17, 15) is 9.18 Å². The molecule has 162 valence electrons. The zero-order valence-corrected chi connectivity index (χ0v) is 17.9. The fourth-order valence-electron chi connectivity index (χ4n) is 3.75. The van der Waals surface area contributed by atoms with E-state index in [0.717, 1.165) is 43.1 Å². The van der Waals surface area contributed by atoms with Gasteiger partial charge in [-0.05, 0) is 44.7 Å². The highest BCUT2D eigenvalue weighted by Gasteiger charge is 2.23. The molecule has 31 heavy (non-hydrogen) atoms. The Balaban J connectivity index is 1.61. The van der Waals surface area contributed by atoms with Crippen LogP contribution in [0.3, 0.4) is 0 Å². The van der Waals surface area contributed by atoms with Gasteiger partial charge in [-0.1, -0.05) is 30.3 Å². The number of carbonyl (C=O) groups excluding carboxylic acids is 1. The number of ether oxygens (including phenoxy) is 1. The maximum atomic E-state index is 14.3. The van der Waals surface area contributed by atoms with Gasteiger partial charge in [0.25, 0.3) is 0 Å². The summed E-state index contributed by atoms with van der Waals surface area (Å²) < 4.78 is 22.0. The quantitative estimate of drug-likeness (QED) is 0.606. The molecule has 1 aliphatic rings. The van der Waals surface area contributed by atoms with Gasteiger partial charge < -0.3 is 14.5 Å². The van der Waals surface area contributed by atoms with Gasteiger partial charge in [0.2, 0.25) is 11.8 Å². The molecule has 0 atom stereocenters. The number of hydrogen-bond acceptors (Lipinski definition) is 4. The van der Waals surface area contributed by atoms with Gasteiger partial charge in [0.1, 0.15) is 0 Å². The molecule has 0 bridgehead atoms. The van der Waals surface area contributed by atoms with Crippen LogP contribution in [0.4, 0.5) is 4.39 Å². The largest absolute Gasteiger partial charge is 0.436 e. The van der Waals surface area contributed by atoms with Gasteiger partial charge in [-0.2, -0.15) is 5.10 Å². The number of piperazine rings is 1. The first-order chi connectivity index (χ1) is 15.0. The number of carbonyl (C=O) groups is 1. The summed E-state index contributed by atoms with van der Waals surface area (Å²) in [6.07, 6.45) is 0.840. The topological polar surface area (TPSA) is 50.6 Å². The Bertz CT molecular complexity index is 1040. The van der Waals surface area contributed by atoms with Gasteiger partial charge in [0.15, 0.2) is 11.6 Å². The molecule has 0 saturated carbocycles. The Morgan fingerprint density at radius 3 is 2.42 bits per heavy atom. The van der Waals surface area contributed by atoms with E-state index in [1.807, 2.05) is 42.2 Å². The molecule has 4 rings (SSSR count). The molecular formula is C24H27FN4O2. The molecule has 1 saturated heterocycles. The Labute approximate surface area is 181 Å². The van der Waals surface area contributed by atoms with Crippen molar-refractivity contribution in [2.45, 2.75) is 19.8 Å². The number of nitrogens with zero attached hydrogens (tertiary/aromatic N) is 4. The molecule has 1 aromatic heterocycles. The van der Waals surface area contributed by atoms with Crippen molar-refractivity contribution in [3.8, 4) is 17.3 Å². The highest BCUT2D eigenvalue weighted by molar-refractivity contribution is 5.76. The van der Waals surface area contributed by atoms with E-state index < -0.39 is 5.82 Å². The fraction of sp³-hybridized carbons (Fsp3) is 0.333. The van der Waals surface area contributed by atoms with Gasteiger partial charge in [-0.25, -0.2) is 9.07 Å². The third kappa shape index (κ3) is 4.77. The summed E-state index contributed by atoms with van der Waals surface area (Å²) in [5.74, 6) is 0.253. The van der Waals surface area contributed by atoms with E-state index in [0.29, 0.717) is 18.7 Å². The molecule has 1 fully saturated rings. The summed E-state index contributed by atoms with van der Waals surface area (Å²) in [5, 5.41) is 4.64. The molecule has 0 aliphatic carbocycles. The van der Waals surface area contributed by atoms with Crippen LogP contribution in [-0.4, -0.2) is 58.7 Å². The Morgan fingerprint density at radius 1 is 1.03 bits per heavy atom. The lowest BCUT2D eigenvalue weighted by Gasteiger charge is -2.32. The molecule has 0 spiro atoms. The third-order valence-corrected chi connectivity index (χ3v) is 5.63. The fourth-order valence-corrected chi connectivity index (χ4v) is 3.75. The first-order valence-electron chi connectivity index (χ1n) is 10.6. The van der Waals surface area contributed by atoms with Crippen LogP contribution < -0.4 is 4.74 Å². The minimum absolute atomic E-state index is 0.122. The van der Waals surface area contributed by atoms with Gasteiger partial charge in [0, 0.05) is 38.2 Å². The maximum absolute atomic E-state index is 14.3. The molecule has 3 aromatic rings. The van der Waals surface area contributed by atoms with Crippen molar-refractivity contribution >= 4 is 5.91 Å².